The van der Waals surface area contributed by atoms with Gasteiger partial charge in [0.05, 0.1) is 13.2 Å². The van der Waals surface area contributed by atoms with Crippen molar-refractivity contribution in [3.8, 4) is 5.75 Å². The first kappa shape index (κ1) is 14.0. The Bertz CT molecular complexity index is 414. The van der Waals surface area contributed by atoms with Crippen LogP contribution in [0.1, 0.15) is 13.8 Å². The molecule has 0 spiro atoms. The Kier molecular flexibility index (Phi) is 5.17. The van der Waals surface area contributed by atoms with Crippen molar-refractivity contribution in [1.29, 1.82) is 0 Å². The van der Waals surface area contributed by atoms with Crippen molar-refractivity contribution in [3.63, 3.8) is 0 Å². The van der Waals surface area contributed by atoms with Crippen LogP contribution in [0.3, 0.4) is 0 Å². The van der Waals surface area contributed by atoms with Crippen LogP contribution in [-0.4, -0.2) is 32.1 Å². The van der Waals surface area contributed by atoms with Crippen molar-refractivity contribution in [2.75, 3.05) is 25.2 Å². The van der Waals surface area contributed by atoms with Crippen LogP contribution >= 0.6 is 0 Å². The summed E-state index contributed by atoms with van der Waals surface area (Å²) in [5.41, 5.74) is 0.608. The maximum Gasteiger partial charge on any atom is 0.397 e. The molecule has 0 aliphatic rings. The van der Waals surface area contributed by atoms with Gasteiger partial charge in [0.1, 0.15) is 5.75 Å². The van der Waals surface area contributed by atoms with Crippen LogP contribution in [-0.2, 0) is 14.3 Å². The van der Waals surface area contributed by atoms with Gasteiger partial charge >= 0.3 is 11.9 Å². The highest BCUT2D eigenvalue weighted by molar-refractivity contribution is 6.37. The first-order valence-electron chi connectivity index (χ1n) is 5.77. The molecular weight excluding hydrogens is 234 g/mol. The first-order valence-corrected chi connectivity index (χ1v) is 5.77. The molecule has 1 aromatic rings. The van der Waals surface area contributed by atoms with Gasteiger partial charge in [0.15, 0.2) is 0 Å². The Morgan fingerprint density at radius 1 is 1.11 bits per heavy atom. The Balaban J connectivity index is 2.74. The molecule has 1 rings (SSSR count). The fraction of sp³-hybridized carbons (Fsp3) is 0.385. The lowest BCUT2D eigenvalue weighted by molar-refractivity contribution is -0.153. The van der Waals surface area contributed by atoms with Crippen LogP contribution in [0.15, 0.2) is 24.3 Å². The largest absolute Gasteiger partial charge is 0.494 e. The van der Waals surface area contributed by atoms with Gasteiger partial charge < -0.3 is 14.4 Å². The molecule has 0 saturated heterocycles. The molecule has 98 valence electrons. The van der Waals surface area contributed by atoms with E-state index >= 15 is 0 Å². The molecule has 0 fully saturated rings. The fourth-order valence-corrected chi connectivity index (χ4v) is 1.38. The molecule has 0 unspecified atom stereocenters. The average molecular weight is 251 g/mol. The molecule has 5 heteroatoms. The van der Waals surface area contributed by atoms with Crippen molar-refractivity contribution in [3.05, 3.63) is 24.3 Å². The standard InChI is InChI=1S/C13H17NO4/c1-4-17-11-8-6-10(7-9-11)14(3)12(15)13(16)18-5-2/h6-9H,4-5H2,1-3H3. The topological polar surface area (TPSA) is 55.8 Å². The minimum absolute atomic E-state index is 0.182. The van der Waals surface area contributed by atoms with Gasteiger partial charge in [0.2, 0.25) is 0 Å². The van der Waals surface area contributed by atoms with Gasteiger partial charge in [-0.2, -0.15) is 0 Å². The lowest BCUT2D eigenvalue weighted by atomic mass is 10.3. The van der Waals surface area contributed by atoms with E-state index in [1.165, 1.54) is 11.9 Å². The van der Waals surface area contributed by atoms with Gasteiger partial charge in [-0.05, 0) is 38.1 Å². The predicted molar refractivity (Wildman–Crippen MR) is 67.7 cm³/mol. The summed E-state index contributed by atoms with van der Waals surface area (Å²) in [4.78, 5) is 24.2. The predicted octanol–water partition coefficient (Wildman–Crippen LogP) is 1.61. The van der Waals surface area contributed by atoms with Crippen LogP contribution in [0, 0.1) is 0 Å². The number of esters is 1. The van der Waals surface area contributed by atoms with Crippen molar-refractivity contribution in [2.24, 2.45) is 0 Å². The molecule has 1 amide bonds. The maximum absolute atomic E-state index is 11.7. The van der Waals surface area contributed by atoms with E-state index in [0.717, 1.165) is 5.75 Å². The number of carbonyl (C=O) groups excluding carboxylic acids is 2. The number of anilines is 1. The molecule has 0 aromatic heterocycles. The third kappa shape index (κ3) is 3.48. The van der Waals surface area contributed by atoms with Gasteiger partial charge in [-0.15, -0.1) is 0 Å². The number of ether oxygens (including phenoxy) is 2. The molecule has 18 heavy (non-hydrogen) atoms. The van der Waals surface area contributed by atoms with Crippen LogP contribution in [0.5, 0.6) is 5.75 Å². The molecular formula is C13H17NO4. The smallest absolute Gasteiger partial charge is 0.397 e. The van der Waals surface area contributed by atoms with Gasteiger partial charge in [0, 0.05) is 12.7 Å². The molecule has 0 bridgehead atoms. The monoisotopic (exact) mass is 251 g/mol. The quantitative estimate of drug-likeness (QED) is 0.602. The zero-order chi connectivity index (χ0) is 13.5. The Morgan fingerprint density at radius 3 is 2.22 bits per heavy atom. The van der Waals surface area contributed by atoms with E-state index in [1.807, 2.05) is 6.92 Å². The van der Waals surface area contributed by atoms with Crippen LogP contribution in [0.4, 0.5) is 5.69 Å². The summed E-state index contributed by atoms with van der Waals surface area (Å²) < 4.78 is 9.95. The molecule has 5 nitrogen and oxygen atoms in total. The molecule has 1 aromatic carbocycles. The Morgan fingerprint density at radius 2 is 1.72 bits per heavy atom. The van der Waals surface area contributed by atoms with E-state index in [-0.39, 0.29) is 6.61 Å². The first-order chi connectivity index (χ1) is 8.60. The van der Waals surface area contributed by atoms with Crippen LogP contribution in [0.25, 0.3) is 0 Å². The minimum Gasteiger partial charge on any atom is -0.494 e. The third-order valence-electron chi connectivity index (χ3n) is 2.29. The normalized spacial score (nSPS) is 9.72. The van der Waals surface area contributed by atoms with E-state index < -0.39 is 11.9 Å². The van der Waals surface area contributed by atoms with Crippen LogP contribution in [0.2, 0.25) is 0 Å². The fourth-order valence-electron chi connectivity index (χ4n) is 1.38. The number of nitrogens with zero attached hydrogens (tertiary/aromatic N) is 1. The lowest BCUT2D eigenvalue weighted by Crippen LogP contribution is -2.34. The second-order valence-corrected chi connectivity index (χ2v) is 3.51. The number of amides is 1. The molecule has 0 atom stereocenters. The number of hydrogen-bond acceptors (Lipinski definition) is 4. The molecule has 0 saturated carbocycles. The SMILES string of the molecule is CCOC(=O)C(=O)N(C)c1ccc(OCC)cc1. The summed E-state index contributed by atoms with van der Waals surface area (Å²) in [6, 6.07) is 6.91. The summed E-state index contributed by atoms with van der Waals surface area (Å²) in [5, 5.41) is 0. The highest BCUT2D eigenvalue weighted by atomic mass is 16.5. The minimum atomic E-state index is -0.853. The highest BCUT2D eigenvalue weighted by Gasteiger charge is 2.20. The van der Waals surface area contributed by atoms with Crippen molar-refractivity contribution >= 4 is 17.6 Å². The molecule has 0 aliphatic heterocycles. The molecule has 0 aliphatic carbocycles. The summed E-state index contributed by atoms with van der Waals surface area (Å²) in [7, 11) is 1.52. The highest BCUT2D eigenvalue weighted by Crippen LogP contribution is 2.18. The lowest BCUT2D eigenvalue weighted by Gasteiger charge is -2.16. The molecule has 0 heterocycles. The zero-order valence-electron chi connectivity index (χ0n) is 10.8. The van der Waals surface area contributed by atoms with E-state index in [4.69, 9.17) is 4.74 Å². The second kappa shape index (κ2) is 6.64. The number of carbonyl (C=O) groups is 2. The van der Waals surface area contributed by atoms with Gasteiger partial charge in [-0.1, -0.05) is 0 Å². The van der Waals surface area contributed by atoms with E-state index in [9.17, 15) is 9.59 Å². The van der Waals surface area contributed by atoms with E-state index in [1.54, 1.807) is 31.2 Å². The van der Waals surface area contributed by atoms with Gasteiger partial charge in [0.25, 0.3) is 0 Å². The van der Waals surface area contributed by atoms with Crippen molar-refractivity contribution in [2.45, 2.75) is 13.8 Å². The van der Waals surface area contributed by atoms with E-state index in [2.05, 4.69) is 4.74 Å². The van der Waals surface area contributed by atoms with Gasteiger partial charge in [-0.25, -0.2) is 4.79 Å². The summed E-state index contributed by atoms with van der Waals surface area (Å²) >= 11 is 0. The van der Waals surface area contributed by atoms with Crippen LogP contribution < -0.4 is 9.64 Å². The second-order valence-electron chi connectivity index (χ2n) is 3.51. The maximum atomic E-state index is 11.7. The molecule has 0 radical (unpaired) electrons. The van der Waals surface area contributed by atoms with Crippen molar-refractivity contribution in [1.82, 2.24) is 0 Å². The van der Waals surface area contributed by atoms with Gasteiger partial charge in [-0.3, -0.25) is 4.79 Å². The third-order valence-corrected chi connectivity index (χ3v) is 2.29. The Labute approximate surface area is 106 Å². The Hall–Kier alpha value is -2.04. The zero-order valence-corrected chi connectivity index (χ0v) is 10.8. The molecule has 0 N–H and O–H groups in total. The summed E-state index contributed by atoms with van der Waals surface area (Å²) in [6.45, 7) is 4.31. The number of likely N-dealkylation sites (N-methyl/N-ethyl adjacent to an activating group) is 1. The number of hydrogen-bond donors (Lipinski definition) is 0. The van der Waals surface area contributed by atoms with E-state index in [0.29, 0.717) is 12.3 Å². The van der Waals surface area contributed by atoms with Crippen molar-refractivity contribution < 1.29 is 19.1 Å². The number of benzene rings is 1. The summed E-state index contributed by atoms with van der Waals surface area (Å²) in [6.07, 6.45) is 0. The average Bonchev–Trinajstić information content (AvgIpc) is 2.38. The number of rotatable bonds is 4. The summed E-state index contributed by atoms with van der Waals surface area (Å²) in [5.74, 6) is -0.826.